The Bertz CT molecular complexity index is 5830. The SMILES string of the molecule is [C-]#[N+]c1cc(-n2c3ccc(-n4c5ccccc5c5ccccc54)cc3c3cc4c(cc32)c2ccccc2n4-c2ccccc2)c(C#N)cc1-n1c2ccc(-n3c4ccccc4c4ccccc43)cc2c2cc3c(cc21)c1ccccc1n3-c1ccccc1. The van der Waals surface area contributed by atoms with Gasteiger partial charge in [-0.1, -0.05) is 146 Å². The summed E-state index contributed by atoms with van der Waals surface area (Å²) < 4.78 is 13.9. The van der Waals surface area contributed by atoms with Gasteiger partial charge >= 0.3 is 0 Å². The van der Waals surface area contributed by atoms with Crippen LogP contribution in [0.3, 0.4) is 0 Å². The van der Waals surface area contributed by atoms with E-state index in [0.717, 1.165) is 132 Å². The van der Waals surface area contributed by atoms with Crippen LogP contribution in [0, 0.1) is 17.9 Å². The van der Waals surface area contributed by atoms with E-state index in [1.807, 2.05) is 12.1 Å². The molecular weight excluding hydrogens is 1070 g/mol. The van der Waals surface area contributed by atoms with Gasteiger partial charge in [0.15, 0.2) is 0 Å². The molecule has 0 N–H and O–H groups in total. The number of fused-ring (bicyclic) bond motifs is 18. The second-order valence-electron chi connectivity index (χ2n) is 23.0. The number of rotatable bonds is 6. The van der Waals surface area contributed by atoms with Gasteiger partial charge in [0, 0.05) is 87.4 Å². The molecule has 13 aromatic carbocycles. The molecule has 0 saturated carbocycles. The van der Waals surface area contributed by atoms with Crippen LogP contribution in [0.4, 0.5) is 5.69 Å². The molecule has 0 amide bonds. The molecule has 0 fully saturated rings. The highest BCUT2D eigenvalue weighted by molar-refractivity contribution is 6.22. The smallest absolute Gasteiger partial charge is 0.212 e. The van der Waals surface area contributed by atoms with E-state index in [1.165, 1.54) is 21.5 Å². The van der Waals surface area contributed by atoms with Crippen LogP contribution >= 0.6 is 0 Å². The first-order chi connectivity index (χ1) is 43.6. The molecule has 0 aliphatic carbocycles. The Hall–Kier alpha value is -12.4. The lowest BCUT2D eigenvalue weighted by Gasteiger charge is -2.16. The van der Waals surface area contributed by atoms with Gasteiger partial charge in [0.2, 0.25) is 5.69 Å². The minimum atomic E-state index is 0.421. The van der Waals surface area contributed by atoms with E-state index in [0.29, 0.717) is 22.6 Å². The van der Waals surface area contributed by atoms with E-state index in [9.17, 15) is 11.8 Å². The van der Waals surface area contributed by atoms with Crippen molar-refractivity contribution in [3.8, 4) is 40.2 Å². The highest BCUT2D eigenvalue weighted by atomic mass is 15.1. The molecule has 0 radical (unpaired) electrons. The molecule has 0 aliphatic heterocycles. The monoisotopic (exact) mass is 1120 g/mol. The average molecular weight is 1120 g/mol. The average Bonchev–Trinajstić information content (AvgIpc) is 1.74. The second-order valence-corrected chi connectivity index (χ2v) is 23.0. The number of hydrogen-bond acceptors (Lipinski definition) is 1. The summed E-state index contributed by atoms with van der Waals surface area (Å²) in [6, 6.07) is 102. The zero-order chi connectivity index (χ0) is 57.9. The standard InChI is InChI=1S/C80H46N8/c1-82-66-47-75(87-73-38-36-52(85-67-30-14-8-24-54(67)55-25-9-15-31-68(55)85)41-60(73)64-45-76-62(43-78(64)87)58-28-12-18-34-71(58)83(76)50-20-4-2-5-21-50)49(48-81)40-80(66)88-74-39-37-53(86-69-32-16-10-26-56(69)57-27-11-17-33-70(57)86)42-61(74)65-46-77-63(44-79(65)88)59-29-13-19-35-72(59)84(77)51-22-6-3-7-23-51/h2-47H. The zero-order valence-electron chi connectivity index (χ0n) is 47.1. The van der Waals surface area contributed by atoms with Crippen LogP contribution in [0.2, 0.25) is 0 Å². The van der Waals surface area contributed by atoms with Crippen molar-refractivity contribution in [1.82, 2.24) is 27.4 Å². The van der Waals surface area contributed by atoms with Gasteiger partial charge in [-0.3, -0.25) is 0 Å². The topological polar surface area (TPSA) is 57.7 Å². The quantitative estimate of drug-likeness (QED) is 0.153. The molecule has 0 unspecified atom stereocenters. The Balaban J connectivity index is 0.901. The third kappa shape index (κ3) is 6.55. The van der Waals surface area contributed by atoms with Crippen LogP contribution < -0.4 is 0 Å². The maximum Gasteiger partial charge on any atom is 0.212 e. The van der Waals surface area contributed by atoms with Crippen molar-refractivity contribution in [3.63, 3.8) is 0 Å². The van der Waals surface area contributed by atoms with Gasteiger partial charge in [0.25, 0.3) is 0 Å². The first-order valence-corrected chi connectivity index (χ1v) is 29.7. The lowest BCUT2D eigenvalue weighted by Crippen LogP contribution is -2.02. The fraction of sp³-hybridized carbons (Fsp3) is 0. The van der Waals surface area contributed by atoms with Gasteiger partial charge in [-0.25, -0.2) is 4.85 Å². The second kappa shape index (κ2) is 18.1. The van der Waals surface area contributed by atoms with E-state index in [-0.39, 0.29) is 0 Å². The third-order valence-corrected chi connectivity index (χ3v) is 18.6. The Morgan fingerprint density at radius 3 is 0.886 bits per heavy atom. The van der Waals surface area contributed by atoms with Crippen LogP contribution in [0.5, 0.6) is 0 Å². The molecule has 88 heavy (non-hydrogen) atoms. The fourth-order valence-corrected chi connectivity index (χ4v) is 15.0. The van der Waals surface area contributed by atoms with Gasteiger partial charge in [0.05, 0.1) is 89.7 Å². The van der Waals surface area contributed by atoms with E-state index in [1.54, 1.807) is 0 Å². The minimum absolute atomic E-state index is 0.421. The summed E-state index contributed by atoms with van der Waals surface area (Å²) >= 11 is 0. The number of nitriles is 1. The summed E-state index contributed by atoms with van der Waals surface area (Å²) in [5, 5.41) is 25.1. The fourth-order valence-electron chi connectivity index (χ4n) is 15.0. The van der Waals surface area contributed by atoms with Crippen molar-refractivity contribution in [2.75, 3.05) is 0 Å². The molecule has 8 nitrogen and oxygen atoms in total. The lowest BCUT2D eigenvalue weighted by atomic mass is 10.1. The van der Waals surface area contributed by atoms with Crippen molar-refractivity contribution >= 4 is 137 Å². The van der Waals surface area contributed by atoms with Crippen LogP contribution in [-0.2, 0) is 0 Å². The van der Waals surface area contributed by atoms with Crippen molar-refractivity contribution in [2.45, 2.75) is 0 Å². The Morgan fingerprint density at radius 2 is 0.523 bits per heavy atom. The predicted octanol–water partition coefficient (Wildman–Crippen LogP) is 20.7. The Kier molecular flexibility index (Phi) is 9.87. The molecule has 19 aromatic rings. The molecular formula is C80H46N8. The summed E-state index contributed by atoms with van der Waals surface area (Å²) in [5.41, 5.74) is 18.9. The summed E-state index contributed by atoms with van der Waals surface area (Å²) in [7, 11) is 0. The first kappa shape index (κ1) is 48.1. The summed E-state index contributed by atoms with van der Waals surface area (Å²) in [6.45, 7) is 9.23. The zero-order valence-corrected chi connectivity index (χ0v) is 47.1. The van der Waals surface area contributed by atoms with Crippen LogP contribution in [0.1, 0.15) is 5.56 Å². The highest BCUT2D eigenvalue weighted by Gasteiger charge is 2.26. The van der Waals surface area contributed by atoms with Crippen molar-refractivity contribution in [3.05, 3.63) is 296 Å². The summed E-state index contributed by atoms with van der Waals surface area (Å²) in [4.78, 5) is 4.45. The maximum atomic E-state index is 11.8. The molecule has 0 aliphatic rings. The molecule has 0 atom stereocenters. The third-order valence-electron chi connectivity index (χ3n) is 18.6. The summed E-state index contributed by atoms with van der Waals surface area (Å²) in [6.07, 6.45) is 0. The molecule has 6 heterocycles. The number of para-hydroxylation sites is 8. The Labute approximate surface area is 502 Å². The van der Waals surface area contributed by atoms with Gasteiger partial charge in [-0.05, 0) is 133 Å². The number of nitrogens with zero attached hydrogens (tertiary/aromatic N) is 8. The molecule has 406 valence electrons. The van der Waals surface area contributed by atoms with Crippen LogP contribution in [0.25, 0.3) is 170 Å². The van der Waals surface area contributed by atoms with E-state index < -0.39 is 0 Å². The van der Waals surface area contributed by atoms with Gasteiger partial charge < -0.3 is 27.4 Å². The predicted molar refractivity (Wildman–Crippen MR) is 363 cm³/mol. The minimum Gasteiger partial charge on any atom is -0.319 e. The molecule has 19 rings (SSSR count). The van der Waals surface area contributed by atoms with E-state index >= 15 is 0 Å². The number of aromatic nitrogens is 6. The van der Waals surface area contributed by atoms with Gasteiger partial charge in [-0.15, -0.1) is 0 Å². The number of benzene rings is 13. The van der Waals surface area contributed by atoms with Gasteiger partial charge in [0.1, 0.15) is 6.07 Å². The lowest BCUT2D eigenvalue weighted by molar-refractivity contribution is 1.13. The van der Waals surface area contributed by atoms with E-state index in [2.05, 4.69) is 305 Å². The molecule has 6 aromatic heterocycles. The Morgan fingerprint density at radius 1 is 0.239 bits per heavy atom. The van der Waals surface area contributed by atoms with E-state index in [4.69, 9.17) is 0 Å². The summed E-state index contributed by atoms with van der Waals surface area (Å²) in [5.74, 6) is 0. The van der Waals surface area contributed by atoms with Crippen molar-refractivity contribution in [2.24, 2.45) is 0 Å². The molecule has 8 heteroatoms. The highest BCUT2D eigenvalue weighted by Crippen LogP contribution is 2.47. The molecule has 0 saturated heterocycles. The van der Waals surface area contributed by atoms with Crippen molar-refractivity contribution < 1.29 is 0 Å². The molecule has 0 bridgehead atoms. The van der Waals surface area contributed by atoms with Gasteiger partial charge in [-0.2, -0.15) is 5.26 Å². The van der Waals surface area contributed by atoms with Crippen LogP contribution in [0.15, 0.2) is 279 Å². The number of hydrogen-bond donors (Lipinski definition) is 0. The maximum absolute atomic E-state index is 11.8. The first-order valence-electron chi connectivity index (χ1n) is 29.7. The molecule has 0 spiro atoms. The largest absolute Gasteiger partial charge is 0.319 e. The normalized spacial score (nSPS) is 12.1. The van der Waals surface area contributed by atoms with Crippen molar-refractivity contribution in [1.29, 1.82) is 5.26 Å². The van der Waals surface area contributed by atoms with Crippen LogP contribution in [-0.4, -0.2) is 27.4 Å².